The summed E-state index contributed by atoms with van der Waals surface area (Å²) in [6, 6.07) is 11.1. The first-order chi connectivity index (χ1) is 13.4. The summed E-state index contributed by atoms with van der Waals surface area (Å²) < 4.78 is 58.0. The molecule has 5 nitrogen and oxygen atoms in total. The molecule has 0 saturated heterocycles. The lowest BCUT2D eigenvalue weighted by atomic mass is 10.1. The predicted octanol–water partition coefficient (Wildman–Crippen LogP) is 3.73. The number of hydrogen-bond acceptors (Lipinski definition) is 4. The Kier molecular flexibility index (Phi) is 4.50. The lowest BCUT2D eigenvalue weighted by Crippen LogP contribution is -2.29. The molecule has 1 aliphatic rings. The third-order valence-corrected chi connectivity index (χ3v) is 6.33. The van der Waals surface area contributed by atoms with Crippen LogP contribution in [0.1, 0.15) is 21.7 Å². The molecule has 1 amide bonds. The second-order valence-corrected chi connectivity index (χ2v) is 8.43. The van der Waals surface area contributed by atoms with E-state index in [0.29, 0.717) is 0 Å². The van der Waals surface area contributed by atoms with E-state index in [4.69, 9.17) is 4.42 Å². The normalized spacial score (nSPS) is 13.6. The van der Waals surface area contributed by atoms with E-state index >= 15 is 0 Å². The maximum absolute atomic E-state index is 13.9. The first kappa shape index (κ1) is 18.4. The van der Waals surface area contributed by atoms with Crippen LogP contribution in [0.4, 0.5) is 14.5 Å². The van der Waals surface area contributed by atoms with Gasteiger partial charge in [-0.25, -0.2) is 17.2 Å². The number of carbonyl (C=O) groups is 1. The summed E-state index contributed by atoms with van der Waals surface area (Å²) in [5.74, 6) is -2.71. The number of carbonyl (C=O) groups excluding carboxylic acids is 1. The number of rotatable bonds is 4. The van der Waals surface area contributed by atoms with Crippen LogP contribution in [0.25, 0.3) is 0 Å². The van der Waals surface area contributed by atoms with Crippen molar-refractivity contribution in [3.63, 3.8) is 0 Å². The van der Waals surface area contributed by atoms with Gasteiger partial charge in [-0.1, -0.05) is 18.2 Å². The summed E-state index contributed by atoms with van der Waals surface area (Å²) >= 11 is 0. The Morgan fingerprint density at radius 3 is 2.61 bits per heavy atom. The summed E-state index contributed by atoms with van der Waals surface area (Å²) in [5, 5.41) is 0. The molecule has 2 aromatic carbocycles. The maximum Gasteiger partial charge on any atom is 0.294 e. The molecule has 0 N–H and O–H groups in total. The Morgan fingerprint density at radius 2 is 1.86 bits per heavy atom. The van der Waals surface area contributed by atoms with Crippen molar-refractivity contribution in [2.75, 3.05) is 11.4 Å². The van der Waals surface area contributed by atoms with Crippen LogP contribution in [0.15, 0.2) is 64.1 Å². The van der Waals surface area contributed by atoms with Gasteiger partial charge in [0, 0.05) is 23.7 Å². The number of hydrogen-bond donors (Lipinski definition) is 0. The minimum atomic E-state index is -3.69. The van der Waals surface area contributed by atoms with Gasteiger partial charge in [0.05, 0.1) is 22.6 Å². The van der Waals surface area contributed by atoms with E-state index < -0.39 is 33.1 Å². The largest absolute Gasteiger partial charge is 0.459 e. The van der Waals surface area contributed by atoms with E-state index in [1.54, 1.807) is 18.2 Å². The molecule has 0 fully saturated rings. The van der Waals surface area contributed by atoms with Crippen LogP contribution < -0.4 is 4.90 Å². The zero-order chi connectivity index (χ0) is 19.9. The van der Waals surface area contributed by atoms with Gasteiger partial charge >= 0.3 is 0 Å². The predicted molar refractivity (Wildman–Crippen MR) is 97.8 cm³/mol. The Bertz CT molecular complexity index is 1160. The van der Waals surface area contributed by atoms with Crippen molar-refractivity contribution in [2.24, 2.45) is 0 Å². The number of halogens is 2. The smallest absolute Gasteiger partial charge is 0.294 e. The quantitative estimate of drug-likeness (QED) is 0.666. The number of nitrogens with zero attached hydrogens (tertiary/aromatic N) is 1. The number of furan rings is 1. The first-order valence-corrected chi connectivity index (χ1v) is 10.2. The molecule has 0 saturated carbocycles. The molecule has 1 aromatic heterocycles. The molecule has 1 aliphatic heterocycles. The van der Waals surface area contributed by atoms with Gasteiger partial charge < -0.3 is 9.32 Å². The van der Waals surface area contributed by atoms with Crippen molar-refractivity contribution >= 4 is 21.4 Å². The van der Waals surface area contributed by atoms with Crippen LogP contribution in [0.2, 0.25) is 0 Å². The summed E-state index contributed by atoms with van der Waals surface area (Å²) in [6.07, 6.45) is 1.47. The molecule has 0 radical (unpaired) electrons. The molecule has 0 aliphatic carbocycles. The highest BCUT2D eigenvalue weighted by molar-refractivity contribution is 7.90. The lowest BCUT2D eigenvalue weighted by Gasteiger charge is -2.17. The van der Waals surface area contributed by atoms with Gasteiger partial charge in [-0.05, 0) is 30.7 Å². The SMILES string of the molecule is O=C(c1occc1CS(=O)(=O)c1ccccc1)N1CCc2c(F)cc(F)cc21. The van der Waals surface area contributed by atoms with Crippen molar-refractivity contribution in [3.05, 3.63) is 83.3 Å². The topological polar surface area (TPSA) is 67.6 Å². The number of amides is 1. The number of benzene rings is 2. The first-order valence-electron chi connectivity index (χ1n) is 8.51. The minimum absolute atomic E-state index is 0.130. The maximum atomic E-state index is 13.9. The van der Waals surface area contributed by atoms with E-state index in [-0.39, 0.29) is 40.4 Å². The number of fused-ring (bicyclic) bond motifs is 1. The molecule has 28 heavy (non-hydrogen) atoms. The van der Waals surface area contributed by atoms with Crippen LogP contribution in [0.5, 0.6) is 0 Å². The second-order valence-electron chi connectivity index (χ2n) is 6.44. The van der Waals surface area contributed by atoms with Crippen LogP contribution >= 0.6 is 0 Å². The Morgan fingerprint density at radius 1 is 1.11 bits per heavy atom. The van der Waals surface area contributed by atoms with Gasteiger partial charge in [-0.3, -0.25) is 4.79 Å². The summed E-state index contributed by atoms with van der Waals surface area (Å²) in [5.41, 5.74) is 0.578. The third-order valence-electron chi connectivity index (χ3n) is 4.65. The molecule has 0 spiro atoms. The van der Waals surface area contributed by atoms with Crippen molar-refractivity contribution in [3.8, 4) is 0 Å². The van der Waals surface area contributed by atoms with E-state index in [1.165, 1.54) is 29.4 Å². The molecule has 4 rings (SSSR count). The van der Waals surface area contributed by atoms with Gasteiger partial charge in [0.2, 0.25) is 0 Å². The molecule has 0 bridgehead atoms. The van der Waals surface area contributed by atoms with Crippen molar-refractivity contribution in [2.45, 2.75) is 17.1 Å². The second kappa shape index (κ2) is 6.87. The molecule has 0 atom stereocenters. The zero-order valence-electron chi connectivity index (χ0n) is 14.6. The average molecular weight is 403 g/mol. The van der Waals surface area contributed by atoms with Gasteiger partial charge in [0.25, 0.3) is 5.91 Å². The van der Waals surface area contributed by atoms with Crippen LogP contribution in [-0.2, 0) is 22.0 Å². The van der Waals surface area contributed by atoms with Crippen LogP contribution in [0, 0.1) is 11.6 Å². The fourth-order valence-corrected chi connectivity index (χ4v) is 4.68. The monoisotopic (exact) mass is 403 g/mol. The fraction of sp³-hybridized carbons (Fsp3) is 0.150. The molecular weight excluding hydrogens is 388 g/mol. The molecule has 144 valence electrons. The Balaban J connectivity index is 1.65. The number of anilines is 1. The van der Waals surface area contributed by atoms with Crippen molar-refractivity contribution in [1.82, 2.24) is 0 Å². The van der Waals surface area contributed by atoms with E-state index in [0.717, 1.165) is 12.1 Å². The van der Waals surface area contributed by atoms with Crippen molar-refractivity contribution in [1.29, 1.82) is 0 Å². The molecular formula is C20H15F2NO4S. The third kappa shape index (κ3) is 3.20. The fourth-order valence-electron chi connectivity index (χ4n) is 3.31. The van der Waals surface area contributed by atoms with E-state index in [2.05, 4.69) is 0 Å². The summed E-state index contributed by atoms with van der Waals surface area (Å²) in [4.78, 5) is 14.3. The van der Waals surface area contributed by atoms with Gasteiger partial charge in [0.1, 0.15) is 11.6 Å². The van der Waals surface area contributed by atoms with Crippen molar-refractivity contribution < 1.29 is 26.4 Å². The summed E-state index contributed by atoms with van der Waals surface area (Å²) in [7, 11) is -3.69. The highest BCUT2D eigenvalue weighted by Crippen LogP contribution is 2.33. The average Bonchev–Trinajstić information content (AvgIpc) is 3.28. The van der Waals surface area contributed by atoms with Crippen LogP contribution in [0.3, 0.4) is 0 Å². The molecule has 8 heteroatoms. The van der Waals surface area contributed by atoms with Gasteiger partial charge in [-0.15, -0.1) is 0 Å². The van der Waals surface area contributed by atoms with E-state index in [9.17, 15) is 22.0 Å². The molecule has 0 unspecified atom stereocenters. The van der Waals surface area contributed by atoms with Crippen LogP contribution in [-0.4, -0.2) is 20.9 Å². The Labute approximate surface area is 160 Å². The summed E-state index contributed by atoms with van der Waals surface area (Å²) in [6.45, 7) is 0.153. The highest BCUT2D eigenvalue weighted by atomic mass is 32.2. The minimum Gasteiger partial charge on any atom is -0.459 e. The van der Waals surface area contributed by atoms with E-state index in [1.807, 2.05) is 0 Å². The van der Waals surface area contributed by atoms with Gasteiger partial charge in [-0.2, -0.15) is 0 Å². The highest BCUT2D eigenvalue weighted by Gasteiger charge is 2.32. The standard InChI is InChI=1S/C20H15F2NO4S/c21-14-10-17(22)16-6-8-23(18(16)11-14)20(24)19-13(7-9-27-19)12-28(25,26)15-4-2-1-3-5-15/h1-5,7,9-11H,6,8,12H2. The Hall–Kier alpha value is -3.00. The van der Waals surface area contributed by atoms with Gasteiger partial charge in [0.15, 0.2) is 15.6 Å². The number of sulfone groups is 1. The molecule has 3 aromatic rings. The zero-order valence-corrected chi connectivity index (χ0v) is 15.4. The lowest BCUT2D eigenvalue weighted by molar-refractivity contribution is 0.0962. The molecule has 2 heterocycles.